The number of guanidine groups is 1. The van der Waals surface area contributed by atoms with E-state index in [0.717, 1.165) is 5.56 Å². The van der Waals surface area contributed by atoms with Crippen LogP contribution in [0.5, 0.6) is 0 Å². The fourth-order valence-electron chi connectivity index (χ4n) is 1.50. The van der Waals surface area contributed by atoms with Crippen molar-refractivity contribution in [2.24, 2.45) is 0 Å². The van der Waals surface area contributed by atoms with Crippen LogP contribution in [0.1, 0.15) is 26.3 Å². The van der Waals surface area contributed by atoms with E-state index in [1.807, 2.05) is 27.7 Å². The molecule has 0 heterocycles. The predicted octanol–water partition coefficient (Wildman–Crippen LogP) is 3.75. The summed E-state index contributed by atoms with van der Waals surface area (Å²) in [6, 6.07) is 2.83. The number of urea groups is 1. The Morgan fingerprint density at radius 2 is 1.85 bits per heavy atom. The average molecular weight is 317 g/mol. The number of carbonyl (C=O) groups is 1. The quantitative estimate of drug-likeness (QED) is 0.470. The van der Waals surface area contributed by atoms with Crippen LogP contribution in [0.3, 0.4) is 0 Å². The van der Waals surface area contributed by atoms with E-state index >= 15 is 0 Å². The van der Waals surface area contributed by atoms with Gasteiger partial charge < -0.3 is 10.6 Å². The second kappa shape index (κ2) is 6.33. The molecule has 0 spiro atoms. The Kier molecular flexibility index (Phi) is 5.25. The molecule has 1 rings (SSSR count). The van der Waals surface area contributed by atoms with Gasteiger partial charge in [-0.2, -0.15) is 0 Å². The molecule has 0 saturated carbocycles. The highest BCUT2D eigenvalue weighted by Gasteiger charge is 2.15. The van der Waals surface area contributed by atoms with Crippen LogP contribution in [0.25, 0.3) is 0 Å². The van der Waals surface area contributed by atoms with Gasteiger partial charge in [-0.3, -0.25) is 10.7 Å². The molecule has 0 fully saturated rings. The molecule has 1 aromatic carbocycles. The van der Waals surface area contributed by atoms with Gasteiger partial charge in [-0.15, -0.1) is 0 Å². The van der Waals surface area contributed by atoms with Gasteiger partial charge in [0.1, 0.15) is 0 Å². The van der Waals surface area contributed by atoms with Gasteiger partial charge in [0.2, 0.25) is 5.96 Å². The van der Waals surface area contributed by atoms with Gasteiger partial charge in [0.25, 0.3) is 0 Å². The van der Waals surface area contributed by atoms with Crippen LogP contribution in [-0.2, 0) is 0 Å². The lowest BCUT2D eigenvalue weighted by Crippen LogP contribution is -2.49. The number of benzene rings is 1. The fraction of sp³-hybridized carbons (Fsp3) is 0.385. The maximum absolute atomic E-state index is 11.6. The lowest BCUT2D eigenvalue weighted by molar-refractivity contribution is 0.236. The lowest BCUT2D eigenvalue weighted by Gasteiger charge is -2.21. The second-order valence-electron chi connectivity index (χ2n) is 5.41. The first-order valence-electron chi connectivity index (χ1n) is 5.99. The summed E-state index contributed by atoms with van der Waals surface area (Å²) in [5.74, 6) is -0.168. The molecule has 1 aromatic rings. The van der Waals surface area contributed by atoms with Crippen molar-refractivity contribution >= 4 is 40.9 Å². The van der Waals surface area contributed by atoms with Crippen molar-refractivity contribution in [2.45, 2.75) is 33.2 Å². The Morgan fingerprint density at radius 3 is 2.35 bits per heavy atom. The molecular formula is C13H18Cl2N4O. The molecule has 0 radical (unpaired) electrons. The van der Waals surface area contributed by atoms with Crippen LogP contribution >= 0.6 is 23.2 Å². The molecule has 7 heteroatoms. The van der Waals surface area contributed by atoms with Crippen molar-refractivity contribution in [1.82, 2.24) is 10.6 Å². The van der Waals surface area contributed by atoms with Crippen LogP contribution in [0.15, 0.2) is 12.1 Å². The first kappa shape index (κ1) is 16.6. The third-order valence-electron chi connectivity index (χ3n) is 2.23. The Hall–Kier alpha value is -1.46. The molecule has 5 nitrogen and oxygen atoms in total. The first-order chi connectivity index (χ1) is 9.08. The molecule has 0 unspecified atom stereocenters. The monoisotopic (exact) mass is 316 g/mol. The van der Waals surface area contributed by atoms with Gasteiger partial charge in [0, 0.05) is 10.6 Å². The zero-order valence-corrected chi connectivity index (χ0v) is 13.3. The molecule has 0 atom stereocenters. The van der Waals surface area contributed by atoms with Gasteiger partial charge in [0.15, 0.2) is 0 Å². The molecule has 0 saturated heterocycles. The van der Waals surface area contributed by atoms with Crippen LogP contribution in [-0.4, -0.2) is 17.5 Å². The van der Waals surface area contributed by atoms with Crippen molar-refractivity contribution in [3.63, 3.8) is 0 Å². The van der Waals surface area contributed by atoms with E-state index in [0.29, 0.717) is 15.7 Å². The van der Waals surface area contributed by atoms with Crippen molar-refractivity contribution in [3.05, 3.63) is 27.7 Å². The normalized spacial score (nSPS) is 10.9. The lowest BCUT2D eigenvalue weighted by atomic mass is 10.1. The van der Waals surface area contributed by atoms with Crippen molar-refractivity contribution in [1.29, 1.82) is 5.41 Å². The molecule has 2 amide bonds. The zero-order valence-electron chi connectivity index (χ0n) is 11.8. The Labute approximate surface area is 128 Å². The number of halogens is 2. The van der Waals surface area contributed by atoms with Gasteiger partial charge in [-0.1, -0.05) is 23.2 Å². The summed E-state index contributed by atoms with van der Waals surface area (Å²) in [7, 11) is 0. The summed E-state index contributed by atoms with van der Waals surface area (Å²) in [6.45, 7) is 7.36. The molecule has 0 bridgehead atoms. The van der Waals surface area contributed by atoms with Crippen LogP contribution in [0.2, 0.25) is 10.0 Å². The van der Waals surface area contributed by atoms with E-state index in [1.54, 1.807) is 12.1 Å². The van der Waals surface area contributed by atoms with Gasteiger partial charge in [-0.25, -0.2) is 4.79 Å². The number of aryl methyl sites for hydroxylation is 1. The molecular weight excluding hydrogens is 299 g/mol. The Bertz CT molecular complexity index is 515. The maximum Gasteiger partial charge on any atom is 0.321 e. The van der Waals surface area contributed by atoms with E-state index in [-0.39, 0.29) is 11.5 Å². The minimum atomic E-state index is -0.460. The second-order valence-corrected chi connectivity index (χ2v) is 6.25. The number of rotatable bonds is 1. The van der Waals surface area contributed by atoms with Crippen molar-refractivity contribution in [3.8, 4) is 0 Å². The highest BCUT2D eigenvalue weighted by Crippen LogP contribution is 2.29. The summed E-state index contributed by atoms with van der Waals surface area (Å²) in [4.78, 5) is 11.6. The molecule has 0 aromatic heterocycles. The summed E-state index contributed by atoms with van der Waals surface area (Å²) in [5, 5.41) is 16.5. The number of amides is 2. The van der Waals surface area contributed by atoms with Gasteiger partial charge in [0.05, 0.1) is 10.7 Å². The van der Waals surface area contributed by atoms with Crippen molar-refractivity contribution in [2.75, 3.05) is 5.32 Å². The average Bonchev–Trinajstić information content (AvgIpc) is 2.20. The highest BCUT2D eigenvalue weighted by atomic mass is 35.5. The van der Waals surface area contributed by atoms with Crippen LogP contribution in [0, 0.1) is 12.3 Å². The first-order valence-corrected chi connectivity index (χ1v) is 6.74. The van der Waals surface area contributed by atoms with Crippen LogP contribution < -0.4 is 16.0 Å². The molecule has 0 aliphatic rings. The van der Waals surface area contributed by atoms with Crippen LogP contribution in [0.4, 0.5) is 10.5 Å². The molecule has 0 aliphatic carbocycles. The Balaban J connectivity index is 2.70. The summed E-state index contributed by atoms with van der Waals surface area (Å²) < 4.78 is 0. The number of hydrogen-bond acceptors (Lipinski definition) is 2. The summed E-state index contributed by atoms with van der Waals surface area (Å²) in [5.41, 5.74) is 0.945. The van der Waals surface area contributed by atoms with E-state index in [2.05, 4.69) is 16.0 Å². The van der Waals surface area contributed by atoms with Crippen molar-refractivity contribution < 1.29 is 4.79 Å². The maximum atomic E-state index is 11.6. The summed E-state index contributed by atoms with van der Waals surface area (Å²) >= 11 is 11.9. The highest BCUT2D eigenvalue weighted by molar-refractivity contribution is 6.37. The van der Waals surface area contributed by atoms with E-state index in [4.69, 9.17) is 28.6 Å². The molecule has 110 valence electrons. The third-order valence-corrected chi connectivity index (χ3v) is 2.75. The largest absolute Gasteiger partial charge is 0.333 e. The summed E-state index contributed by atoms with van der Waals surface area (Å²) in [6.07, 6.45) is 0. The van der Waals surface area contributed by atoms with E-state index in [9.17, 15) is 4.79 Å². The minimum absolute atomic E-state index is 0.168. The SMILES string of the molecule is Cc1cc(Cl)cc(Cl)c1NC(=N)NC(=O)NC(C)(C)C. The number of anilines is 1. The van der Waals surface area contributed by atoms with Gasteiger partial charge in [-0.05, 0) is 45.4 Å². The number of nitrogens with one attached hydrogen (secondary N) is 4. The van der Waals surface area contributed by atoms with E-state index in [1.165, 1.54) is 0 Å². The Morgan fingerprint density at radius 1 is 1.25 bits per heavy atom. The van der Waals surface area contributed by atoms with E-state index < -0.39 is 6.03 Å². The number of carbonyl (C=O) groups excluding carboxylic acids is 1. The minimum Gasteiger partial charge on any atom is -0.333 e. The smallest absolute Gasteiger partial charge is 0.321 e. The zero-order chi connectivity index (χ0) is 15.5. The predicted molar refractivity (Wildman–Crippen MR) is 84.0 cm³/mol. The van der Waals surface area contributed by atoms with Gasteiger partial charge >= 0.3 is 6.03 Å². The standard InChI is InChI=1S/C13H18Cl2N4O/c1-7-5-8(14)6-9(15)10(7)17-11(16)18-12(20)19-13(2,3)4/h5-6H,1-4H3,(H4,16,17,18,19,20). The molecule has 20 heavy (non-hydrogen) atoms. The third kappa shape index (κ3) is 5.27. The molecule has 4 N–H and O–H groups in total. The molecule has 0 aliphatic heterocycles. The topological polar surface area (TPSA) is 77.0 Å². The number of hydrogen-bond donors (Lipinski definition) is 4. The fourth-order valence-corrected chi connectivity index (χ4v) is 2.14.